The van der Waals surface area contributed by atoms with Crippen LogP contribution in [0.1, 0.15) is 0 Å². The average molecular weight is 181 g/mol. The Labute approximate surface area is 76.4 Å². The fourth-order valence-electron chi connectivity index (χ4n) is 1.46. The van der Waals surface area contributed by atoms with Crippen molar-refractivity contribution < 1.29 is 4.39 Å². The van der Waals surface area contributed by atoms with E-state index in [0.717, 1.165) is 25.5 Å². The number of anilines is 1. The molecule has 0 aliphatic carbocycles. The first-order valence-electron chi connectivity index (χ1n) is 4.36. The minimum absolute atomic E-state index is 0.292. The molecule has 0 atom stereocenters. The fourth-order valence-corrected chi connectivity index (χ4v) is 1.46. The van der Waals surface area contributed by atoms with Crippen LogP contribution < -0.4 is 10.6 Å². The Kier molecular flexibility index (Phi) is 2.14. The van der Waals surface area contributed by atoms with Crippen molar-refractivity contribution >= 4 is 5.82 Å². The minimum Gasteiger partial charge on any atom is -0.356 e. The van der Waals surface area contributed by atoms with E-state index in [0.29, 0.717) is 5.92 Å². The van der Waals surface area contributed by atoms with E-state index in [1.54, 1.807) is 6.07 Å². The van der Waals surface area contributed by atoms with E-state index in [2.05, 4.69) is 9.88 Å². The summed E-state index contributed by atoms with van der Waals surface area (Å²) in [4.78, 5) is 6.07. The van der Waals surface area contributed by atoms with Crippen molar-refractivity contribution in [3.8, 4) is 0 Å². The number of pyridine rings is 1. The van der Waals surface area contributed by atoms with Crippen LogP contribution in [-0.4, -0.2) is 24.6 Å². The molecule has 4 heteroatoms. The van der Waals surface area contributed by atoms with Crippen molar-refractivity contribution in [2.24, 2.45) is 11.7 Å². The summed E-state index contributed by atoms with van der Waals surface area (Å²) in [5.74, 6) is 1.12. The zero-order valence-corrected chi connectivity index (χ0v) is 7.28. The SMILES string of the molecule is NCC1CN(c2ccc(F)cn2)C1. The summed E-state index contributed by atoms with van der Waals surface area (Å²) in [6.07, 6.45) is 1.24. The van der Waals surface area contributed by atoms with Gasteiger partial charge in [0.25, 0.3) is 0 Å². The normalized spacial score (nSPS) is 17.2. The highest BCUT2D eigenvalue weighted by atomic mass is 19.1. The second-order valence-electron chi connectivity index (χ2n) is 3.34. The molecule has 0 radical (unpaired) electrons. The van der Waals surface area contributed by atoms with Crippen LogP contribution >= 0.6 is 0 Å². The van der Waals surface area contributed by atoms with Gasteiger partial charge in [-0.15, -0.1) is 0 Å². The Balaban J connectivity index is 1.99. The van der Waals surface area contributed by atoms with Crippen LogP contribution in [-0.2, 0) is 0 Å². The Morgan fingerprint density at radius 2 is 2.31 bits per heavy atom. The van der Waals surface area contributed by atoms with Gasteiger partial charge in [-0.1, -0.05) is 0 Å². The number of hydrogen-bond acceptors (Lipinski definition) is 3. The zero-order valence-electron chi connectivity index (χ0n) is 7.28. The van der Waals surface area contributed by atoms with Crippen LogP contribution in [0.4, 0.5) is 10.2 Å². The third-order valence-electron chi connectivity index (χ3n) is 2.33. The van der Waals surface area contributed by atoms with Gasteiger partial charge in [0.2, 0.25) is 0 Å². The van der Waals surface area contributed by atoms with Gasteiger partial charge in [-0.3, -0.25) is 0 Å². The standard InChI is InChI=1S/C9H12FN3/c10-8-1-2-9(12-4-8)13-5-7(3-11)6-13/h1-2,4,7H,3,5-6,11H2. The molecule has 0 bridgehead atoms. The second kappa shape index (κ2) is 3.30. The van der Waals surface area contributed by atoms with Crippen LogP contribution in [0.2, 0.25) is 0 Å². The Bertz CT molecular complexity index is 279. The summed E-state index contributed by atoms with van der Waals surface area (Å²) in [5.41, 5.74) is 5.49. The fraction of sp³-hybridized carbons (Fsp3) is 0.444. The lowest BCUT2D eigenvalue weighted by Gasteiger charge is -2.39. The molecule has 70 valence electrons. The molecule has 2 N–H and O–H groups in total. The maximum atomic E-state index is 12.5. The predicted molar refractivity (Wildman–Crippen MR) is 49.0 cm³/mol. The second-order valence-corrected chi connectivity index (χ2v) is 3.34. The topological polar surface area (TPSA) is 42.1 Å². The summed E-state index contributed by atoms with van der Waals surface area (Å²) in [6.45, 7) is 2.60. The van der Waals surface area contributed by atoms with Gasteiger partial charge in [0, 0.05) is 19.0 Å². The molecule has 0 spiro atoms. The van der Waals surface area contributed by atoms with E-state index in [1.807, 2.05) is 0 Å². The first kappa shape index (κ1) is 8.44. The summed E-state index contributed by atoms with van der Waals surface area (Å²) in [5, 5.41) is 0. The predicted octanol–water partition coefficient (Wildman–Crippen LogP) is 0.616. The van der Waals surface area contributed by atoms with Gasteiger partial charge in [0.15, 0.2) is 0 Å². The van der Waals surface area contributed by atoms with Gasteiger partial charge >= 0.3 is 0 Å². The smallest absolute Gasteiger partial charge is 0.141 e. The number of hydrogen-bond donors (Lipinski definition) is 1. The van der Waals surface area contributed by atoms with Crippen LogP contribution in [0, 0.1) is 11.7 Å². The zero-order chi connectivity index (χ0) is 9.26. The first-order chi connectivity index (χ1) is 6.29. The monoisotopic (exact) mass is 181 g/mol. The molecule has 0 unspecified atom stereocenters. The first-order valence-corrected chi connectivity index (χ1v) is 4.36. The molecule has 13 heavy (non-hydrogen) atoms. The molecule has 3 nitrogen and oxygen atoms in total. The van der Waals surface area contributed by atoms with Crippen molar-refractivity contribution in [2.45, 2.75) is 0 Å². The molecule has 1 aromatic rings. The summed E-state index contributed by atoms with van der Waals surface area (Å²) in [6, 6.07) is 3.13. The molecule has 1 aromatic heterocycles. The van der Waals surface area contributed by atoms with Crippen LogP contribution in [0.3, 0.4) is 0 Å². The number of nitrogens with zero attached hydrogens (tertiary/aromatic N) is 2. The molecule has 0 saturated carbocycles. The lowest BCUT2D eigenvalue weighted by molar-refractivity contribution is 0.416. The van der Waals surface area contributed by atoms with Crippen LogP contribution in [0.15, 0.2) is 18.3 Å². The van der Waals surface area contributed by atoms with Crippen LogP contribution in [0.25, 0.3) is 0 Å². The number of nitrogens with two attached hydrogens (primary N) is 1. The van der Waals surface area contributed by atoms with Crippen molar-refractivity contribution in [1.29, 1.82) is 0 Å². The Morgan fingerprint density at radius 1 is 1.54 bits per heavy atom. The highest BCUT2D eigenvalue weighted by Crippen LogP contribution is 2.21. The van der Waals surface area contributed by atoms with Crippen molar-refractivity contribution in [2.75, 3.05) is 24.5 Å². The van der Waals surface area contributed by atoms with Crippen LogP contribution in [0.5, 0.6) is 0 Å². The molecular formula is C9H12FN3. The highest BCUT2D eigenvalue weighted by molar-refractivity contribution is 5.41. The van der Waals surface area contributed by atoms with E-state index in [9.17, 15) is 4.39 Å². The van der Waals surface area contributed by atoms with Gasteiger partial charge in [-0.25, -0.2) is 9.37 Å². The van der Waals surface area contributed by atoms with E-state index < -0.39 is 0 Å². The van der Waals surface area contributed by atoms with Gasteiger partial charge in [-0.2, -0.15) is 0 Å². The third kappa shape index (κ3) is 1.62. The summed E-state index contributed by atoms with van der Waals surface area (Å²) < 4.78 is 12.5. The molecule has 1 aliphatic rings. The van der Waals surface area contributed by atoms with Crippen molar-refractivity contribution in [3.63, 3.8) is 0 Å². The lowest BCUT2D eigenvalue weighted by atomic mass is 10.0. The Morgan fingerprint density at radius 3 is 2.85 bits per heavy atom. The molecule has 1 fully saturated rings. The van der Waals surface area contributed by atoms with Gasteiger partial charge < -0.3 is 10.6 Å². The Hall–Kier alpha value is -1.16. The van der Waals surface area contributed by atoms with Gasteiger partial charge in [-0.05, 0) is 18.7 Å². The highest BCUT2D eigenvalue weighted by Gasteiger charge is 2.25. The van der Waals surface area contributed by atoms with Crippen molar-refractivity contribution in [1.82, 2.24) is 4.98 Å². The maximum Gasteiger partial charge on any atom is 0.141 e. The molecule has 0 amide bonds. The van der Waals surface area contributed by atoms with Crippen molar-refractivity contribution in [3.05, 3.63) is 24.1 Å². The van der Waals surface area contributed by atoms with E-state index in [-0.39, 0.29) is 5.82 Å². The summed E-state index contributed by atoms with van der Waals surface area (Å²) in [7, 11) is 0. The average Bonchev–Trinajstić information content (AvgIpc) is 2.06. The van der Waals surface area contributed by atoms with E-state index in [1.165, 1.54) is 12.3 Å². The largest absolute Gasteiger partial charge is 0.356 e. The van der Waals surface area contributed by atoms with Gasteiger partial charge in [0.1, 0.15) is 11.6 Å². The molecule has 2 rings (SSSR count). The number of halogens is 1. The third-order valence-corrected chi connectivity index (χ3v) is 2.33. The molecule has 1 aliphatic heterocycles. The molecule has 1 saturated heterocycles. The van der Waals surface area contributed by atoms with Gasteiger partial charge in [0.05, 0.1) is 6.20 Å². The number of aromatic nitrogens is 1. The quantitative estimate of drug-likeness (QED) is 0.727. The number of rotatable bonds is 2. The lowest BCUT2D eigenvalue weighted by Crippen LogP contribution is -2.50. The summed E-state index contributed by atoms with van der Waals surface area (Å²) >= 11 is 0. The minimum atomic E-state index is -0.292. The molecule has 2 heterocycles. The maximum absolute atomic E-state index is 12.5. The molecular weight excluding hydrogens is 169 g/mol. The molecule has 0 aromatic carbocycles. The van der Waals surface area contributed by atoms with E-state index >= 15 is 0 Å². The van der Waals surface area contributed by atoms with E-state index in [4.69, 9.17) is 5.73 Å².